The lowest BCUT2D eigenvalue weighted by molar-refractivity contribution is -0.277. The molecule has 0 saturated carbocycles. The molecule has 0 bridgehead atoms. The first kappa shape index (κ1) is 53.3. The molecule has 0 aliphatic carbocycles. The van der Waals surface area contributed by atoms with Gasteiger partial charge in [-0.2, -0.15) is 0 Å². The summed E-state index contributed by atoms with van der Waals surface area (Å²) >= 11 is 0. The van der Waals surface area contributed by atoms with E-state index in [-0.39, 0.29) is 62.1 Å². The summed E-state index contributed by atoms with van der Waals surface area (Å²) in [6.07, 6.45) is -13.4. The number of rotatable bonds is 23. The molecule has 2 aliphatic heterocycles. The fourth-order valence-corrected chi connectivity index (χ4v) is 8.24. The van der Waals surface area contributed by atoms with E-state index in [0.29, 0.717) is 59.1 Å². The van der Waals surface area contributed by atoms with Gasteiger partial charge in [0, 0.05) is 37.1 Å². The fraction of sp³-hybridized carbons (Fsp3) is 0.440. The first-order valence-electron chi connectivity index (χ1n) is 22.9. The van der Waals surface area contributed by atoms with Gasteiger partial charge in [0.1, 0.15) is 60.3 Å². The molecule has 20 heteroatoms. The molecule has 2 saturated heterocycles. The van der Waals surface area contributed by atoms with E-state index in [1.165, 1.54) is 0 Å². The van der Waals surface area contributed by atoms with Gasteiger partial charge in [0.15, 0.2) is 0 Å². The Kier molecular flexibility index (Phi) is 19.2. The van der Waals surface area contributed by atoms with Crippen LogP contribution in [0.5, 0.6) is 11.5 Å². The number of aliphatic carboxylic acids is 2. The van der Waals surface area contributed by atoms with Gasteiger partial charge in [0.05, 0.1) is 26.1 Å². The van der Waals surface area contributed by atoms with Crippen LogP contribution in [0.25, 0.3) is 22.3 Å². The fourth-order valence-electron chi connectivity index (χ4n) is 8.24. The van der Waals surface area contributed by atoms with Crippen LogP contribution in [0.15, 0.2) is 84.9 Å². The number of aliphatic hydroxyl groups is 8. The SMILES string of the molecule is O=C(O)Cc1cccc(-c2cc(CCCC(=O)NCCNC(=O)CCCc3ccc(O[C@H]4O[C@H](CO)[C@@H](O)[C@H](O)[C@@H]4O)c(-c4cccc(CC(=O)O)c4)c3)ccc2O[C@H]2O[C@H](CO)[C@@H](O)[C@H](O)[C@@H]2O)c1. The van der Waals surface area contributed by atoms with Crippen LogP contribution < -0.4 is 20.1 Å². The molecule has 2 heterocycles. The van der Waals surface area contributed by atoms with Crippen molar-refractivity contribution < 1.29 is 89.2 Å². The largest absolute Gasteiger partial charge is 0.481 e. The number of carboxylic acid groups (broad SMARTS) is 2. The van der Waals surface area contributed by atoms with Crippen LogP contribution >= 0.6 is 0 Å². The van der Waals surface area contributed by atoms with E-state index in [9.17, 15) is 70.2 Å². The van der Waals surface area contributed by atoms with E-state index in [1.54, 1.807) is 84.9 Å². The molecule has 2 amide bonds. The molecule has 10 atom stereocenters. The predicted octanol–water partition coefficient (Wildman–Crippen LogP) is 0.210. The van der Waals surface area contributed by atoms with Crippen molar-refractivity contribution in [3.63, 3.8) is 0 Å². The molecule has 4 aromatic rings. The quantitative estimate of drug-likeness (QED) is 0.0442. The van der Waals surface area contributed by atoms with Crippen LogP contribution in [0.2, 0.25) is 0 Å². The topological polar surface area (TPSA) is 332 Å². The lowest BCUT2D eigenvalue weighted by Gasteiger charge is -2.39. The molecule has 0 unspecified atom stereocenters. The Labute approximate surface area is 402 Å². The lowest BCUT2D eigenvalue weighted by Crippen LogP contribution is -2.60. The van der Waals surface area contributed by atoms with Crippen molar-refractivity contribution >= 4 is 23.8 Å². The number of hydrogen-bond acceptors (Lipinski definition) is 16. The molecule has 2 fully saturated rings. The molecule has 20 nitrogen and oxygen atoms in total. The van der Waals surface area contributed by atoms with Gasteiger partial charge in [-0.1, -0.05) is 60.7 Å². The van der Waals surface area contributed by atoms with Gasteiger partial charge in [-0.3, -0.25) is 19.2 Å². The maximum atomic E-state index is 12.8. The van der Waals surface area contributed by atoms with E-state index in [1.807, 2.05) is 0 Å². The monoisotopic (exact) mass is 976 g/mol. The zero-order chi connectivity index (χ0) is 50.5. The summed E-state index contributed by atoms with van der Waals surface area (Å²) in [6, 6.07) is 23.9. The number of nitrogens with one attached hydrogen (secondary N) is 2. The van der Waals surface area contributed by atoms with E-state index in [4.69, 9.17) is 18.9 Å². The highest BCUT2D eigenvalue weighted by Gasteiger charge is 2.46. The summed E-state index contributed by atoms with van der Waals surface area (Å²) in [4.78, 5) is 48.4. The maximum absolute atomic E-state index is 12.8. The molecular weight excluding hydrogens is 917 g/mol. The highest BCUT2D eigenvalue weighted by atomic mass is 16.7. The molecule has 12 N–H and O–H groups in total. The van der Waals surface area contributed by atoms with Gasteiger partial charge in [0.25, 0.3) is 0 Å². The molecule has 4 aromatic carbocycles. The van der Waals surface area contributed by atoms with E-state index in [0.717, 1.165) is 11.1 Å². The van der Waals surface area contributed by atoms with Crippen molar-refractivity contribution in [2.75, 3.05) is 26.3 Å². The average molecular weight is 977 g/mol. The Balaban J connectivity index is 0.991. The number of carboxylic acids is 2. The summed E-state index contributed by atoms with van der Waals surface area (Å²) in [5.74, 6) is -2.09. The van der Waals surface area contributed by atoms with Gasteiger partial charge >= 0.3 is 11.9 Å². The third-order valence-electron chi connectivity index (χ3n) is 12.0. The molecular formula is C50H60N2O18. The number of aliphatic hydroxyl groups excluding tert-OH is 8. The minimum Gasteiger partial charge on any atom is -0.481 e. The van der Waals surface area contributed by atoms with Crippen LogP contribution in [0.4, 0.5) is 0 Å². The first-order valence-corrected chi connectivity index (χ1v) is 22.9. The highest BCUT2D eigenvalue weighted by molar-refractivity contribution is 5.78. The summed E-state index contributed by atoms with van der Waals surface area (Å²) in [7, 11) is 0. The summed E-state index contributed by atoms with van der Waals surface area (Å²) in [5, 5.41) is 106. The molecule has 0 radical (unpaired) electrons. The molecule has 2 aliphatic rings. The first-order chi connectivity index (χ1) is 33.5. The van der Waals surface area contributed by atoms with Crippen LogP contribution in [-0.4, -0.2) is 163 Å². The minimum absolute atomic E-state index is 0.165. The van der Waals surface area contributed by atoms with Gasteiger partial charge in [-0.25, -0.2) is 0 Å². The Bertz CT molecular complexity index is 2250. The predicted molar refractivity (Wildman–Crippen MR) is 247 cm³/mol. The number of ether oxygens (including phenoxy) is 4. The van der Waals surface area contributed by atoms with Crippen molar-refractivity contribution in [2.45, 2.75) is 113 Å². The maximum Gasteiger partial charge on any atom is 0.307 e. The Morgan fingerprint density at radius 1 is 0.500 bits per heavy atom. The Hall–Kier alpha value is -6.04. The van der Waals surface area contributed by atoms with Gasteiger partial charge < -0.3 is 80.6 Å². The van der Waals surface area contributed by atoms with Crippen molar-refractivity contribution in [3.8, 4) is 33.8 Å². The molecule has 6 rings (SSSR count). The average Bonchev–Trinajstić information content (AvgIpc) is 3.33. The zero-order valence-corrected chi connectivity index (χ0v) is 38.1. The highest BCUT2D eigenvalue weighted by Crippen LogP contribution is 2.37. The Morgan fingerprint density at radius 2 is 0.900 bits per heavy atom. The number of amides is 2. The van der Waals surface area contributed by atoms with Gasteiger partial charge in [-0.15, -0.1) is 0 Å². The molecule has 70 heavy (non-hydrogen) atoms. The van der Waals surface area contributed by atoms with Crippen molar-refractivity contribution in [1.82, 2.24) is 10.6 Å². The minimum atomic E-state index is -1.66. The van der Waals surface area contributed by atoms with Crippen LogP contribution in [0, 0.1) is 0 Å². The zero-order valence-electron chi connectivity index (χ0n) is 38.1. The molecule has 0 spiro atoms. The second-order valence-corrected chi connectivity index (χ2v) is 17.2. The Morgan fingerprint density at radius 3 is 1.27 bits per heavy atom. The third kappa shape index (κ3) is 14.3. The van der Waals surface area contributed by atoms with E-state index in [2.05, 4.69) is 10.6 Å². The number of aryl methyl sites for hydroxylation is 2. The van der Waals surface area contributed by atoms with Crippen LogP contribution in [0.3, 0.4) is 0 Å². The molecule has 378 valence electrons. The van der Waals surface area contributed by atoms with Crippen LogP contribution in [-0.2, 0) is 54.3 Å². The summed E-state index contributed by atoms with van der Waals surface area (Å²) in [6.45, 7) is -0.915. The van der Waals surface area contributed by atoms with Crippen molar-refractivity contribution in [1.29, 1.82) is 0 Å². The number of carbonyl (C=O) groups is 4. The number of carbonyl (C=O) groups excluding carboxylic acids is 2. The van der Waals surface area contributed by atoms with Crippen LogP contribution in [0.1, 0.15) is 47.9 Å². The van der Waals surface area contributed by atoms with Gasteiger partial charge in [0.2, 0.25) is 24.4 Å². The van der Waals surface area contributed by atoms with Crippen molar-refractivity contribution in [3.05, 3.63) is 107 Å². The van der Waals surface area contributed by atoms with E-state index < -0.39 is 86.6 Å². The van der Waals surface area contributed by atoms with Gasteiger partial charge in [-0.05, 0) is 83.3 Å². The normalized spacial score (nSPS) is 24.3. The number of hydrogen-bond donors (Lipinski definition) is 12. The summed E-state index contributed by atoms with van der Waals surface area (Å²) < 4.78 is 23.1. The molecule has 0 aromatic heterocycles. The second-order valence-electron chi connectivity index (χ2n) is 17.2. The second kappa shape index (κ2) is 25.2. The van der Waals surface area contributed by atoms with Crippen molar-refractivity contribution in [2.24, 2.45) is 0 Å². The summed E-state index contributed by atoms with van der Waals surface area (Å²) in [5.41, 5.74) is 4.83. The number of benzene rings is 4. The lowest BCUT2D eigenvalue weighted by atomic mass is 9.96. The smallest absolute Gasteiger partial charge is 0.307 e. The van der Waals surface area contributed by atoms with E-state index >= 15 is 0 Å². The third-order valence-corrected chi connectivity index (χ3v) is 12.0. The standard InChI is InChI=1S/C50H60N2O18/c53-25-37-43(61)45(63)47(65)49(69-37)67-35-15-13-27(21-33(35)31-9-1-7-29(19-31)23-41(57)58)5-3-11-39(55)51-17-18-52-40(56)12-4-6-28-14-16-36(68-50-48(66)46(64)44(62)38(26-54)70-50)34(22-28)32-10-2-8-30(20-32)24-42(59)60/h1-2,7-10,13-16,19-22,37-38,43-50,53-54,61-66H,3-6,11-12,17-18,23-26H2,(H,51,55)(H,52,56)(H,57,58)(H,59,60)/t37-,38-,43-,44-,45+,46+,47+,48+,49+,50+/m1/s1.